The molecule has 1 fully saturated rings. The number of hydrogen-bond acceptors (Lipinski definition) is 2. The van der Waals surface area contributed by atoms with Gasteiger partial charge in [-0.15, -0.1) is 0 Å². The van der Waals surface area contributed by atoms with Gasteiger partial charge in [0.05, 0.1) is 5.56 Å². The van der Waals surface area contributed by atoms with Crippen molar-refractivity contribution in [2.24, 2.45) is 0 Å². The molecule has 1 heterocycles. The van der Waals surface area contributed by atoms with Crippen LogP contribution in [-0.4, -0.2) is 43.0 Å². The Balaban J connectivity index is 0.00000134. The maximum absolute atomic E-state index is 13.2. The van der Waals surface area contributed by atoms with Crippen molar-refractivity contribution >= 4 is 0 Å². The van der Waals surface area contributed by atoms with Gasteiger partial charge in [0.25, 0.3) is 0 Å². The van der Waals surface area contributed by atoms with E-state index in [-0.39, 0.29) is 0 Å². The maximum atomic E-state index is 13.2. The minimum Gasteiger partial charge on any atom is -0.305 e. The third-order valence-corrected chi connectivity index (χ3v) is 4.03. The van der Waals surface area contributed by atoms with Gasteiger partial charge in [-0.3, -0.25) is 4.90 Å². The Morgan fingerprint density at radius 1 is 0.920 bits per heavy atom. The molecule has 25 heavy (non-hydrogen) atoms. The molecule has 5 heteroatoms. The van der Waals surface area contributed by atoms with E-state index in [0.717, 1.165) is 39.0 Å². The summed E-state index contributed by atoms with van der Waals surface area (Å²) in [6.45, 7) is 13.8. The average Bonchev–Trinajstić information content (AvgIpc) is 2.58. The number of likely N-dealkylation sites (N-methyl/N-ethyl adjacent to an activating group) is 1. The molecule has 0 aliphatic carbocycles. The van der Waals surface area contributed by atoms with Gasteiger partial charge >= 0.3 is 6.18 Å². The van der Waals surface area contributed by atoms with Crippen LogP contribution in [0.3, 0.4) is 0 Å². The lowest BCUT2D eigenvalue weighted by atomic mass is 10.0. The van der Waals surface area contributed by atoms with Gasteiger partial charge in [-0.05, 0) is 51.5 Å². The highest BCUT2D eigenvalue weighted by Crippen LogP contribution is 2.33. The van der Waals surface area contributed by atoms with Crippen LogP contribution in [0.5, 0.6) is 0 Å². The molecule has 0 saturated carbocycles. The minimum absolute atomic E-state index is 0.378. The molecule has 0 unspecified atom stereocenters. The highest BCUT2D eigenvalue weighted by molar-refractivity contribution is 5.33. The first-order valence-electron chi connectivity index (χ1n) is 9.44. The first-order chi connectivity index (χ1) is 11.9. The van der Waals surface area contributed by atoms with E-state index in [0.29, 0.717) is 17.7 Å². The average molecular weight is 361 g/mol. The lowest BCUT2D eigenvalue weighted by Gasteiger charge is -2.29. The van der Waals surface area contributed by atoms with Crippen LogP contribution in [0.15, 0.2) is 18.2 Å². The number of nitrogens with zero attached hydrogens (tertiary/aromatic N) is 2. The standard InChI is InChI=1S/C16H23F3N2.2C2H6/c1-13-5-6-14(15(11-13)16(17,18)19)12-21-8-4-3-7-20(2)9-10-21;2*1-2/h5-6,11H,3-4,7-10,12H2,1-2H3;2*1-2H3. The zero-order valence-corrected chi connectivity index (χ0v) is 16.7. The molecule has 1 aliphatic heterocycles. The van der Waals surface area contributed by atoms with Crippen molar-refractivity contribution < 1.29 is 13.2 Å². The van der Waals surface area contributed by atoms with Gasteiger partial charge in [0.2, 0.25) is 0 Å². The fraction of sp³-hybridized carbons (Fsp3) is 0.700. The van der Waals surface area contributed by atoms with E-state index in [1.54, 1.807) is 19.1 Å². The molecule has 1 aliphatic rings. The highest BCUT2D eigenvalue weighted by Gasteiger charge is 2.33. The van der Waals surface area contributed by atoms with Gasteiger partial charge in [-0.2, -0.15) is 13.2 Å². The summed E-state index contributed by atoms with van der Waals surface area (Å²) in [7, 11) is 2.07. The lowest BCUT2D eigenvalue weighted by Crippen LogP contribution is -2.37. The summed E-state index contributed by atoms with van der Waals surface area (Å²) < 4.78 is 39.5. The maximum Gasteiger partial charge on any atom is 0.416 e. The van der Waals surface area contributed by atoms with Gasteiger partial charge in [-0.25, -0.2) is 0 Å². The second kappa shape index (κ2) is 12.3. The van der Waals surface area contributed by atoms with Crippen LogP contribution in [-0.2, 0) is 12.7 Å². The second-order valence-electron chi connectivity index (χ2n) is 5.94. The van der Waals surface area contributed by atoms with Gasteiger partial charge in [-0.1, -0.05) is 45.4 Å². The Morgan fingerprint density at radius 2 is 1.52 bits per heavy atom. The molecule has 1 saturated heterocycles. The minimum atomic E-state index is -4.28. The van der Waals surface area contributed by atoms with E-state index >= 15 is 0 Å². The van der Waals surface area contributed by atoms with Crippen LogP contribution < -0.4 is 0 Å². The monoisotopic (exact) mass is 360 g/mol. The van der Waals surface area contributed by atoms with Crippen LogP contribution in [0.1, 0.15) is 57.2 Å². The summed E-state index contributed by atoms with van der Waals surface area (Å²) in [5.41, 5.74) is 0.549. The quantitative estimate of drug-likeness (QED) is 0.678. The zero-order chi connectivity index (χ0) is 19.5. The number of hydrogen-bond donors (Lipinski definition) is 0. The van der Waals surface area contributed by atoms with Crippen LogP contribution in [0.25, 0.3) is 0 Å². The number of alkyl halides is 3. The first-order valence-corrected chi connectivity index (χ1v) is 9.44. The molecular weight excluding hydrogens is 325 g/mol. The third kappa shape index (κ3) is 8.73. The fourth-order valence-electron chi connectivity index (χ4n) is 2.74. The van der Waals surface area contributed by atoms with Crippen molar-refractivity contribution in [1.82, 2.24) is 9.80 Å². The summed E-state index contributed by atoms with van der Waals surface area (Å²) in [6.07, 6.45) is -2.13. The Labute approximate surface area is 152 Å². The summed E-state index contributed by atoms with van der Waals surface area (Å²) >= 11 is 0. The molecule has 0 atom stereocenters. The van der Waals surface area contributed by atoms with Crippen LogP contribution >= 0.6 is 0 Å². The smallest absolute Gasteiger partial charge is 0.305 e. The fourth-order valence-corrected chi connectivity index (χ4v) is 2.74. The van der Waals surface area contributed by atoms with Crippen molar-refractivity contribution in [3.05, 3.63) is 34.9 Å². The highest BCUT2D eigenvalue weighted by atomic mass is 19.4. The Kier molecular flexibility index (Phi) is 11.8. The van der Waals surface area contributed by atoms with E-state index in [4.69, 9.17) is 0 Å². The summed E-state index contributed by atoms with van der Waals surface area (Å²) in [5, 5.41) is 0. The summed E-state index contributed by atoms with van der Waals surface area (Å²) in [5.74, 6) is 0. The second-order valence-corrected chi connectivity index (χ2v) is 5.94. The van der Waals surface area contributed by atoms with Gasteiger partial charge in [0.1, 0.15) is 0 Å². The van der Waals surface area contributed by atoms with Crippen molar-refractivity contribution in [3.63, 3.8) is 0 Å². The molecule has 1 aromatic carbocycles. The van der Waals surface area contributed by atoms with Gasteiger partial charge < -0.3 is 4.90 Å². The Hall–Kier alpha value is -1.07. The SMILES string of the molecule is CC.CC.Cc1ccc(CN2CCCCN(C)CC2)c(C(F)(F)F)c1. The molecule has 2 nitrogen and oxygen atoms in total. The molecule has 2 rings (SSSR count). The largest absolute Gasteiger partial charge is 0.416 e. The Bertz CT molecular complexity index is 472. The molecule has 0 spiro atoms. The van der Waals surface area contributed by atoms with Crippen molar-refractivity contribution in [2.75, 3.05) is 33.2 Å². The predicted octanol–water partition coefficient (Wildman–Crippen LogP) is 5.59. The van der Waals surface area contributed by atoms with E-state index in [1.165, 1.54) is 6.07 Å². The first kappa shape index (κ1) is 23.9. The molecule has 0 aromatic heterocycles. The summed E-state index contributed by atoms with van der Waals surface area (Å²) in [6, 6.07) is 4.65. The van der Waals surface area contributed by atoms with Crippen molar-refractivity contribution in [3.8, 4) is 0 Å². The molecule has 0 radical (unpaired) electrons. The van der Waals surface area contributed by atoms with Crippen LogP contribution in [0.2, 0.25) is 0 Å². The van der Waals surface area contributed by atoms with Gasteiger partial charge in [0.15, 0.2) is 0 Å². The number of benzene rings is 1. The van der Waals surface area contributed by atoms with Crippen molar-refractivity contribution in [2.45, 2.75) is 60.2 Å². The topological polar surface area (TPSA) is 6.48 Å². The number of halogens is 3. The lowest BCUT2D eigenvalue weighted by molar-refractivity contribution is -0.138. The van der Waals surface area contributed by atoms with E-state index in [1.807, 2.05) is 27.7 Å². The number of rotatable bonds is 2. The zero-order valence-electron chi connectivity index (χ0n) is 16.7. The van der Waals surface area contributed by atoms with Gasteiger partial charge in [0, 0.05) is 19.6 Å². The molecule has 0 N–H and O–H groups in total. The molecule has 0 amide bonds. The molecule has 146 valence electrons. The molecule has 1 aromatic rings. The molecular formula is C20H35F3N2. The van der Waals surface area contributed by atoms with Crippen LogP contribution in [0.4, 0.5) is 13.2 Å². The normalized spacial score (nSPS) is 16.7. The third-order valence-electron chi connectivity index (χ3n) is 4.03. The molecule has 0 bridgehead atoms. The number of aryl methyl sites for hydroxylation is 1. The van der Waals surface area contributed by atoms with E-state index in [9.17, 15) is 13.2 Å². The van der Waals surface area contributed by atoms with Crippen molar-refractivity contribution in [1.29, 1.82) is 0 Å². The van der Waals surface area contributed by atoms with E-state index in [2.05, 4.69) is 16.8 Å². The predicted molar refractivity (Wildman–Crippen MR) is 101 cm³/mol. The van der Waals surface area contributed by atoms with Crippen LogP contribution in [0, 0.1) is 6.92 Å². The summed E-state index contributed by atoms with van der Waals surface area (Å²) in [4.78, 5) is 4.38. The Morgan fingerprint density at radius 3 is 2.12 bits per heavy atom. The van der Waals surface area contributed by atoms with E-state index < -0.39 is 11.7 Å².